The Morgan fingerprint density at radius 1 is 1.03 bits per heavy atom. The number of carbonyl (C=O) groups is 1. The van der Waals surface area contributed by atoms with Gasteiger partial charge in [0, 0.05) is 30.9 Å². The summed E-state index contributed by atoms with van der Waals surface area (Å²) >= 11 is 0. The van der Waals surface area contributed by atoms with Crippen molar-refractivity contribution in [2.24, 2.45) is 0 Å². The van der Waals surface area contributed by atoms with E-state index in [1.807, 2.05) is 13.8 Å². The Morgan fingerprint density at radius 3 is 2.26 bits per heavy atom. The van der Waals surface area contributed by atoms with Crippen LogP contribution in [0.25, 0.3) is 0 Å². The lowest BCUT2D eigenvalue weighted by Gasteiger charge is -2.28. The van der Waals surface area contributed by atoms with Crippen LogP contribution in [0.1, 0.15) is 36.8 Å². The predicted octanol–water partition coefficient (Wildman–Crippen LogP) is 3.53. The van der Waals surface area contributed by atoms with Gasteiger partial charge in [0.15, 0.2) is 14.6 Å². The quantitative estimate of drug-likeness (QED) is 0.365. The molecular formula is C22H27N3O5S. The minimum atomic E-state index is -3.84. The van der Waals surface area contributed by atoms with Gasteiger partial charge in [-0.1, -0.05) is 18.9 Å². The Kier molecular flexibility index (Phi) is 6.64. The third kappa shape index (κ3) is 4.56. The molecule has 9 heteroatoms. The number of nitro groups is 1. The Bertz CT molecular complexity index is 1070. The highest BCUT2D eigenvalue weighted by molar-refractivity contribution is 7.93. The monoisotopic (exact) mass is 445 g/mol. The van der Waals surface area contributed by atoms with Crippen molar-refractivity contribution in [2.75, 3.05) is 18.4 Å². The smallest absolute Gasteiger partial charge is 0.269 e. The van der Waals surface area contributed by atoms with E-state index in [2.05, 4.69) is 10.6 Å². The summed E-state index contributed by atoms with van der Waals surface area (Å²) in [6, 6.07) is 11.0. The number of rotatable bonds is 8. The largest absolute Gasteiger partial charge is 0.383 e. The van der Waals surface area contributed by atoms with Crippen molar-refractivity contribution in [3.8, 4) is 0 Å². The first kappa shape index (κ1) is 22.7. The lowest BCUT2D eigenvalue weighted by Crippen LogP contribution is -2.51. The molecule has 166 valence electrons. The summed E-state index contributed by atoms with van der Waals surface area (Å²) < 4.78 is 25.5. The number of nitro benzene ring substituents is 1. The molecule has 31 heavy (non-hydrogen) atoms. The molecule has 8 nitrogen and oxygen atoms in total. The van der Waals surface area contributed by atoms with Gasteiger partial charge in [0.2, 0.25) is 5.91 Å². The topological polar surface area (TPSA) is 118 Å². The number of hydrogen-bond acceptors (Lipinski definition) is 6. The van der Waals surface area contributed by atoms with Gasteiger partial charge in [0.1, 0.15) is 0 Å². The van der Waals surface area contributed by atoms with Crippen LogP contribution >= 0.6 is 0 Å². The molecule has 2 aromatic rings. The first-order valence-electron chi connectivity index (χ1n) is 10.3. The lowest BCUT2D eigenvalue weighted by atomic mass is 10.1. The summed E-state index contributed by atoms with van der Waals surface area (Å²) in [6.07, 6.45) is 2.00. The molecule has 1 aliphatic carbocycles. The normalized spacial score (nSPS) is 15.4. The standard InChI is InChI=1S/C22H27N3O5S/c1-16-5-10-20(15-17(16)2)31(29,30)22(11-3-4-12-22)21(26)24-14-13-23-18-6-8-19(9-7-18)25(27)28/h5-10,15,23H,3-4,11-14H2,1-2H3,(H,24,26). The number of carbonyl (C=O) groups excluding carboxylic acids is 1. The molecule has 1 saturated carbocycles. The molecule has 1 aliphatic rings. The van der Waals surface area contributed by atoms with Crippen LogP contribution in [0.4, 0.5) is 11.4 Å². The van der Waals surface area contributed by atoms with Crippen LogP contribution in [-0.4, -0.2) is 37.1 Å². The zero-order valence-electron chi connectivity index (χ0n) is 17.7. The second-order valence-electron chi connectivity index (χ2n) is 7.94. The molecule has 0 atom stereocenters. The van der Waals surface area contributed by atoms with E-state index in [9.17, 15) is 23.3 Å². The third-order valence-electron chi connectivity index (χ3n) is 5.95. The number of benzene rings is 2. The fourth-order valence-electron chi connectivity index (χ4n) is 3.92. The van der Waals surface area contributed by atoms with Crippen LogP contribution in [0.15, 0.2) is 47.4 Å². The van der Waals surface area contributed by atoms with E-state index in [0.29, 0.717) is 37.9 Å². The van der Waals surface area contributed by atoms with Crippen LogP contribution in [0.2, 0.25) is 0 Å². The molecule has 2 N–H and O–H groups in total. The molecule has 0 unspecified atom stereocenters. The van der Waals surface area contributed by atoms with Crippen LogP contribution in [0.5, 0.6) is 0 Å². The van der Waals surface area contributed by atoms with Crippen molar-refractivity contribution >= 4 is 27.1 Å². The van der Waals surface area contributed by atoms with Gasteiger partial charge in [-0.3, -0.25) is 14.9 Å². The third-order valence-corrected chi connectivity index (χ3v) is 8.44. The van der Waals surface area contributed by atoms with E-state index >= 15 is 0 Å². The fourth-order valence-corrected chi connectivity index (χ4v) is 6.09. The fraction of sp³-hybridized carbons (Fsp3) is 0.409. The summed E-state index contributed by atoms with van der Waals surface area (Å²) in [5, 5.41) is 16.6. The number of amides is 1. The SMILES string of the molecule is Cc1ccc(S(=O)(=O)C2(C(=O)NCCNc3ccc([N+](=O)[O-])cc3)CCCC2)cc1C. The molecule has 1 amide bonds. The highest BCUT2D eigenvalue weighted by Gasteiger charge is 2.52. The van der Waals surface area contributed by atoms with Crippen molar-refractivity contribution in [2.45, 2.75) is 49.2 Å². The van der Waals surface area contributed by atoms with Gasteiger partial charge >= 0.3 is 0 Å². The van der Waals surface area contributed by atoms with E-state index in [1.54, 1.807) is 30.3 Å². The summed E-state index contributed by atoms with van der Waals surface area (Å²) in [6.45, 7) is 4.38. The number of nitrogens with zero attached hydrogens (tertiary/aromatic N) is 1. The molecule has 0 aromatic heterocycles. The Labute approximate surface area is 182 Å². The number of nitrogens with one attached hydrogen (secondary N) is 2. The number of aryl methyl sites for hydroxylation is 2. The van der Waals surface area contributed by atoms with Crippen molar-refractivity contribution in [3.63, 3.8) is 0 Å². The average molecular weight is 446 g/mol. The van der Waals surface area contributed by atoms with Gasteiger partial charge in [0.25, 0.3) is 5.69 Å². The zero-order chi connectivity index (χ0) is 22.6. The second-order valence-corrected chi connectivity index (χ2v) is 10.2. The first-order valence-corrected chi connectivity index (χ1v) is 11.7. The maximum atomic E-state index is 13.5. The minimum absolute atomic E-state index is 0.00132. The van der Waals surface area contributed by atoms with Crippen molar-refractivity contribution in [3.05, 3.63) is 63.7 Å². The number of anilines is 1. The van der Waals surface area contributed by atoms with Crippen LogP contribution < -0.4 is 10.6 Å². The van der Waals surface area contributed by atoms with Crippen molar-refractivity contribution < 1.29 is 18.1 Å². The molecule has 0 radical (unpaired) electrons. The molecule has 0 bridgehead atoms. The number of sulfone groups is 1. The van der Waals surface area contributed by atoms with Gasteiger partial charge in [-0.05, 0) is 62.1 Å². The van der Waals surface area contributed by atoms with Gasteiger partial charge < -0.3 is 10.6 Å². The second kappa shape index (κ2) is 9.05. The summed E-state index contributed by atoms with van der Waals surface area (Å²) in [7, 11) is -3.84. The molecule has 0 heterocycles. The van der Waals surface area contributed by atoms with Gasteiger partial charge in [-0.25, -0.2) is 8.42 Å². The van der Waals surface area contributed by atoms with E-state index in [4.69, 9.17) is 0 Å². The van der Waals surface area contributed by atoms with E-state index in [0.717, 1.165) is 11.1 Å². The average Bonchev–Trinajstić information content (AvgIpc) is 3.25. The van der Waals surface area contributed by atoms with Crippen LogP contribution in [-0.2, 0) is 14.6 Å². The molecule has 0 spiro atoms. The summed E-state index contributed by atoms with van der Waals surface area (Å²) in [5.41, 5.74) is 2.56. The van der Waals surface area contributed by atoms with Crippen molar-refractivity contribution in [1.29, 1.82) is 0 Å². The van der Waals surface area contributed by atoms with Gasteiger partial charge in [0.05, 0.1) is 9.82 Å². The summed E-state index contributed by atoms with van der Waals surface area (Å²) in [5.74, 6) is -0.464. The first-order chi connectivity index (χ1) is 14.7. The van der Waals surface area contributed by atoms with E-state index < -0.39 is 25.4 Å². The molecule has 0 aliphatic heterocycles. The number of hydrogen-bond donors (Lipinski definition) is 2. The lowest BCUT2D eigenvalue weighted by molar-refractivity contribution is -0.384. The van der Waals surface area contributed by atoms with Crippen LogP contribution in [0, 0.1) is 24.0 Å². The molecule has 2 aromatic carbocycles. The Hall–Kier alpha value is -2.94. The highest BCUT2D eigenvalue weighted by Crippen LogP contribution is 2.41. The minimum Gasteiger partial charge on any atom is -0.383 e. The predicted molar refractivity (Wildman–Crippen MR) is 119 cm³/mol. The van der Waals surface area contributed by atoms with Crippen molar-refractivity contribution in [1.82, 2.24) is 5.32 Å². The highest BCUT2D eigenvalue weighted by atomic mass is 32.2. The maximum absolute atomic E-state index is 13.5. The number of non-ortho nitro benzene ring substituents is 1. The van der Waals surface area contributed by atoms with E-state index in [-0.39, 0.29) is 17.1 Å². The molecule has 3 rings (SSSR count). The maximum Gasteiger partial charge on any atom is 0.269 e. The zero-order valence-corrected chi connectivity index (χ0v) is 18.5. The van der Waals surface area contributed by atoms with Gasteiger partial charge in [-0.15, -0.1) is 0 Å². The van der Waals surface area contributed by atoms with Gasteiger partial charge in [-0.2, -0.15) is 0 Å². The summed E-state index contributed by atoms with van der Waals surface area (Å²) in [4.78, 5) is 23.5. The molecule has 0 saturated heterocycles. The molecular weight excluding hydrogens is 418 g/mol. The Morgan fingerprint density at radius 2 is 1.68 bits per heavy atom. The van der Waals surface area contributed by atoms with E-state index in [1.165, 1.54) is 12.1 Å². The molecule has 1 fully saturated rings. The van der Waals surface area contributed by atoms with Crippen LogP contribution in [0.3, 0.4) is 0 Å². The Balaban J connectivity index is 1.67.